The number of ether oxygens (including phenoxy) is 1. The first-order valence-corrected chi connectivity index (χ1v) is 6.92. The molecule has 3 atom stereocenters. The second kappa shape index (κ2) is 7.99. The van der Waals surface area contributed by atoms with Crippen LogP contribution in [0, 0.1) is 5.92 Å². The van der Waals surface area contributed by atoms with Crippen LogP contribution in [-0.2, 0) is 9.53 Å². The number of carbonyl (C=O) groups is 2. The van der Waals surface area contributed by atoms with Crippen LogP contribution in [0.2, 0.25) is 0 Å². The summed E-state index contributed by atoms with van der Waals surface area (Å²) >= 11 is 0. The zero-order chi connectivity index (χ0) is 14.3. The molecule has 0 saturated heterocycles. The average molecular weight is 272 g/mol. The molecule has 0 aliphatic heterocycles. The Morgan fingerprint density at radius 1 is 1.37 bits per heavy atom. The summed E-state index contributed by atoms with van der Waals surface area (Å²) in [6.07, 6.45) is 3.24. The van der Waals surface area contributed by atoms with Crippen molar-refractivity contribution in [3.8, 4) is 0 Å². The third-order valence-electron chi connectivity index (χ3n) is 3.35. The van der Waals surface area contributed by atoms with Crippen molar-refractivity contribution in [3.63, 3.8) is 0 Å². The summed E-state index contributed by atoms with van der Waals surface area (Å²) in [6, 6.07) is -0.678. The quantitative estimate of drug-likeness (QED) is 0.681. The van der Waals surface area contributed by atoms with E-state index in [-0.39, 0.29) is 18.1 Å². The van der Waals surface area contributed by atoms with Crippen molar-refractivity contribution in [1.82, 2.24) is 10.6 Å². The fourth-order valence-electron chi connectivity index (χ4n) is 2.37. The van der Waals surface area contributed by atoms with Crippen molar-refractivity contribution in [2.24, 2.45) is 5.92 Å². The lowest BCUT2D eigenvalue weighted by Gasteiger charge is -2.29. The van der Waals surface area contributed by atoms with Crippen molar-refractivity contribution in [2.75, 3.05) is 13.2 Å². The van der Waals surface area contributed by atoms with Crippen LogP contribution in [0.3, 0.4) is 0 Å². The smallest absolute Gasteiger partial charge is 0.315 e. The summed E-state index contributed by atoms with van der Waals surface area (Å²) in [5.74, 6) is -1.30. The maximum Gasteiger partial charge on any atom is 0.315 e. The highest BCUT2D eigenvalue weighted by Crippen LogP contribution is 2.24. The molecule has 19 heavy (non-hydrogen) atoms. The number of carboxylic acid groups (broad SMARTS) is 1. The number of nitrogens with one attached hydrogen (secondary N) is 2. The topological polar surface area (TPSA) is 87.7 Å². The van der Waals surface area contributed by atoms with E-state index >= 15 is 0 Å². The number of amides is 2. The monoisotopic (exact) mass is 272 g/mol. The molecule has 1 aliphatic carbocycles. The van der Waals surface area contributed by atoms with Gasteiger partial charge in [-0.1, -0.05) is 12.8 Å². The van der Waals surface area contributed by atoms with E-state index in [1.54, 1.807) is 0 Å². The average Bonchev–Trinajstić information content (AvgIpc) is 2.36. The van der Waals surface area contributed by atoms with Crippen molar-refractivity contribution in [1.29, 1.82) is 0 Å². The number of carbonyl (C=O) groups excluding carboxylic acids is 1. The van der Waals surface area contributed by atoms with Gasteiger partial charge in [0.1, 0.15) is 0 Å². The SMILES string of the molecule is CCOCC(C)NC(=O)NC1CCCCC1C(=O)O. The molecule has 0 aromatic carbocycles. The lowest BCUT2D eigenvalue weighted by atomic mass is 9.84. The van der Waals surface area contributed by atoms with Crippen molar-refractivity contribution in [2.45, 2.75) is 51.6 Å². The number of carboxylic acids is 1. The van der Waals surface area contributed by atoms with E-state index in [2.05, 4.69) is 10.6 Å². The number of rotatable bonds is 6. The molecular formula is C13H24N2O4. The van der Waals surface area contributed by atoms with Gasteiger partial charge in [0, 0.05) is 12.6 Å². The molecule has 1 saturated carbocycles. The van der Waals surface area contributed by atoms with Crippen LogP contribution in [-0.4, -0.2) is 42.4 Å². The maximum atomic E-state index is 11.8. The summed E-state index contributed by atoms with van der Waals surface area (Å²) in [5, 5.41) is 14.7. The zero-order valence-electron chi connectivity index (χ0n) is 11.6. The highest BCUT2D eigenvalue weighted by atomic mass is 16.5. The Kier molecular flexibility index (Phi) is 6.62. The summed E-state index contributed by atoms with van der Waals surface area (Å²) in [4.78, 5) is 22.9. The Balaban J connectivity index is 2.39. The Morgan fingerprint density at radius 3 is 2.68 bits per heavy atom. The molecule has 3 unspecified atom stereocenters. The molecule has 2 amide bonds. The first kappa shape index (κ1) is 15.8. The molecule has 0 heterocycles. The van der Waals surface area contributed by atoms with Crippen LogP contribution >= 0.6 is 0 Å². The molecule has 1 aliphatic rings. The van der Waals surface area contributed by atoms with Gasteiger partial charge >= 0.3 is 12.0 Å². The highest BCUT2D eigenvalue weighted by Gasteiger charge is 2.31. The third-order valence-corrected chi connectivity index (χ3v) is 3.35. The minimum absolute atomic E-state index is 0.0909. The second-order valence-electron chi connectivity index (χ2n) is 5.01. The van der Waals surface area contributed by atoms with Crippen LogP contribution in [0.1, 0.15) is 39.5 Å². The molecule has 0 radical (unpaired) electrons. The van der Waals surface area contributed by atoms with Crippen LogP contribution < -0.4 is 10.6 Å². The number of hydrogen-bond donors (Lipinski definition) is 3. The molecule has 1 rings (SSSR count). The lowest BCUT2D eigenvalue weighted by Crippen LogP contribution is -2.51. The van der Waals surface area contributed by atoms with E-state index in [4.69, 9.17) is 9.84 Å². The molecule has 0 aromatic heterocycles. The lowest BCUT2D eigenvalue weighted by molar-refractivity contribution is -0.143. The summed E-state index contributed by atoms with van der Waals surface area (Å²) in [6.45, 7) is 4.81. The largest absolute Gasteiger partial charge is 0.481 e. The van der Waals surface area contributed by atoms with Crippen LogP contribution in [0.25, 0.3) is 0 Å². The second-order valence-corrected chi connectivity index (χ2v) is 5.01. The van der Waals surface area contributed by atoms with E-state index in [1.165, 1.54) is 0 Å². The molecule has 6 nitrogen and oxygen atoms in total. The van der Waals surface area contributed by atoms with E-state index in [0.29, 0.717) is 19.6 Å². The van der Waals surface area contributed by atoms with E-state index < -0.39 is 11.9 Å². The molecule has 1 fully saturated rings. The Bertz CT molecular complexity index is 309. The van der Waals surface area contributed by atoms with E-state index in [1.807, 2.05) is 13.8 Å². The van der Waals surface area contributed by atoms with Crippen molar-refractivity contribution < 1.29 is 19.4 Å². The normalized spacial score (nSPS) is 24.5. The van der Waals surface area contributed by atoms with Crippen LogP contribution in [0.15, 0.2) is 0 Å². The number of hydrogen-bond acceptors (Lipinski definition) is 3. The maximum absolute atomic E-state index is 11.8. The molecule has 110 valence electrons. The highest BCUT2D eigenvalue weighted by molar-refractivity contribution is 5.77. The minimum atomic E-state index is -0.827. The summed E-state index contributed by atoms with van der Waals surface area (Å²) < 4.78 is 5.21. The Morgan fingerprint density at radius 2 is 2.05 bits per heavy atom. The Labute approximate surface area is 113 Å². The van der Waals surface area contributed by atoms with Gasteiger partial charge < -0.3 is 20.5 Å². The van der Waals surface area contributed by atoms with Gasteiger partial charge in [0.15, 0.2) is 0 Å². The van der Waals surface area contributed by atoms with Crippen LogP contribution in [0.4, 0.5) is 4.79 Å². The number of urea groups is 1. The molecule has 0 bridgehead atoms. The first-order valence-electron chi connectivity index (χ1n) is 6.92. The van der Waals surface area contributed by atoms with E-state index in [9.17, 15) is 9.59 Å². The minimum Gasteiger partial charge on any atom is -0.481 e. The van der Waals surface area contributed by atoms with Gasteiger partial charge in [-0.25, -0.2) is 4.79 Å². The van der Waals surface area contributed by atoms with Gasteiger partial charge in [-0.2, -0.15) is 0 Å². The molecule has 0 spiro atoms. The van der Waals surface area contributed by atoms with Gasteiger partial charge in [-0.05, 0) is 26.7 Å². The molecular weight excluding hydrogens is 248 g/mol. The fraction of sp³-hybridized carbons (Fsp3) is 0.846. The van der Waals surface area contributed by atoms with Crippen molar-refractivity contribution >= 4 is 12.0 Å². The Hall–Kier alpha value is -1.30. The summed E-state index contributed by atoms with van der Waals surface area (Å²) in [7, 11) is 0. The summed E-state index contributed by atoms with van der Waals surface area (Å²) in [5.41, 5.74) is 0. The van der Waals surface area contributed by atoms with Gasteiger partial charge in [-0.3, -0.25) is 4.79 Å². The van der Waals surface area contributed by atoms with Crippen molar-refractivity contribution in [3.05, 3.63) is 0 Å². The van der Waals surface area contributed by atoms with Gasteiger partial charge in [0.05, 0.1) is 18.6 Å². The van der Waals surface area contributed by atoms with Gasteiger partial charge in [0.2, 0.25) is 0 Å². The molecule has 0 aromatic rings. The molecule has 3 N–H and O–H groups in total. The predicted octanol–water partition coefficient (Wildman–Crippen LogP) is 1.35. The van der Waals surface area contributed by atoms with E-state index in [0.717, 1.165) is 19.3 Å². The standard InChI is InChI=1S/C13H24N2O4/c1-3-19-8-9(2)14-13(18)15-11-7-5-4-6-10(11)12(16)17/h9-11H,3-8H2,1-2H3,(H,16,17)(H2,14,15,18). The third kappa shape index (κ3) is 5.46. The fourth-order valence-corrected chi connectivity index (χ4v) is 2.37. The van der Waals surface area contributed by atoms with Gasteiger partial charge in [-0.15, -0.1) is 0 Å². The zero-order valence-corrected chi connectivity index (χ0v) is 11.6. The molecule has 6 heteroatoms. The van der Waals surface area contributed by atoms with Gasteiger partial charge in [0.25, 0.3) is 0 Å². The predicted molar refractivity (Wildman–Crippen MR) is 71.0 cm³/mol. The van der Waals surface area contributed by atoms with Crippen LogP contribution in [0.5, 0.6) is 0 Å². The first-order chi connectivity index (χ1) is 9.04. The number of aliphatic carboxylic acids is 1.